The van der Waals surface area contributed by atoms with Gasteiger partial charge in [0.25, 0.3) is 5.91 Å². The first-order valence-electron chi connectivity index (χ1n) is 8.68. The molecular formula is C20H23N3O3S. The zero-order chi connectivity index (χ0) is 20.0. The van der Waals surface area contributed by atoms with Gasteiger partial charge in [-0.3, -0.25) is 4.79 Å². The van der Waals surface area contributed by atoms with Crippen LogP contribution in [-0.2, 0) is 16.6 Å². The molecule has 1 amide bonds. The van der Waals surface area contributed by atoms with E-state index in [1.807, 2.05) is 19.9 Å². The van der Waals surface area contributed by atoms with E-state index < -0.39 is 10.0 Å². The lowest BCUT2D eigenvalue weighted by Crippen LogP contribution is -2.30. The topological polar surface area (TPSA) is 81.5 Å². The summed E-state index contributed by atoms with van der Waals surface area (Å²) in [4.78, 5) is 14.1. The first kappa shape index (κ1) is 20.6. The third-order valence-electron chi connectivity index (χ3n) is 4.32. The maximum Gasteiger partial charge on any atom is 0.253 e. The Hall–Kier alpha value is -2.69. The summed E-state index contributed by atoms with van der Waals surface area (Å²) in [5.41, 5.74) is 1.67. The molecule has 0 saturated carbocycles. The Morgan fingerprint density at radius 2 is 1.70 bits per heavy atom. The maximum absolute atomic E-state index is 12.8. The number of rotatable bonds is 7. The van der Waals surface area contributed by atoms with Gasteiger partial charge in [-0.15, -0.1) is 0 Å². The molecule has 7 heteroatoms. The number of nitriles is 1. The van der Waals surface area contributed by atoms with Crippen molar-refractivity contribution in [3.05, 3.63) is 65.2 Å². The van der Waals surface area contributed by atoms with E-state index in [4.69, 9.17) is 5.26 Å². The van der Waals surface area contributed by atoms with Crippen molar-refractivity contribution in [2.24, 2.45) is 0 Å². The molecule has 2 aromatic rings. The highest BCUT2D eigenvalue weighted by molar-refractivity contribution is 7.89. The van der Waals surface area contributed by atoms with Gasteiger partial charge in [-0.2, -0.15) is 9.57 Å². The van der Waals surface area contributed by atoms with Crippen molar-refractivity contribution < 1.29 is 13.2 Å². The van der Waals surface area contributed by atoms with Gasteiger partial charge in [-0.05, 0) is 55.8 Å². The standard InChI is InChI=1S/C20H23N3O3S/c1-4-23(5-2)20(24)18-9-11-19(12-10-18)27(25,26)22(3)15-17-8-6-7-16(13-17)14-21/h6-13H,4-5,15H2,1-3H3. The zero-order valence-electron chi connectivity index (χ0n) is 15.7. The van der Waals surface area contributed by atoms with Gasteiger partial charge in [0.2, 0.25) is 10.0 Å². The molecule has 0 heterocycles. The van der Waals surface area contributed by atoms with E-state index in [-0.39, 0.29) is 17.3 Å². The largest absolute Gasteiger partial charge is 0.339 e. The molecule has 0 spiro atoms. The van der Waals surface area contributed by atoms with E-state index in [2.05, 4.69) is 0 Å². The van der Waals surface area contributed by atoms with Crippen LogP contribution in [0.5, 0.6) is 0 Å². The van der Waals surface area contributed by atoms with Crippen LogP contribution in [0, 0.1) is 11.3 Å². The molecule has 2 aromatic carbocycles. The first-order chi connectivity index (χ1) is 12.8. The quantitative estimate of drug-likeness (QED) is 0.734. The van der Waals surface area contributed by atoms with E-state index in [9.17, 15) is 13.2 Å². The highest BCUT2D eigenvalue weighted by Gasteiger charge is 2.22. The zero-order valence-corrected chi connectivity index (χ0v) is 16.5. The van der Waals surface area contributed by atoms with Gasteiger partial charge in [0, 0.05) is 32.2 Å². The van der Waals surface area contributed by atoms with Crippen LogP contribution in [0.15, 0.2) is 53.4 Å². The molecule has 0 saturated heterocycles. The number of hydrogen-bond donors (Lipinski definition) is 0. The number of amides is 1. The van der Waals surface area contributed by atoms with Crippen LogP contribution >= 0.6 is 0 Å². The molecule has 0 bridgehead atoms. The van der Waals surface area contributed by atoms with E-state index in [1.54, 1.807) is 29.2 Å². The Bertz CT molecular complexity index is 943. The lowest BCUT2D eigenvalue weighted by molar-refractivity contribution is 0.0773. The minimum absolute atomic E-state index is 0.120. The van der Waals surface area contributed by atoms with E-state index in [0.717, 1.165) is 5.56 Å². The summed E-state index contributed by atoms with van der Waals surface area (Å²) >= 11 is 0. The second-order valence-corrected chi connectivity index (χ2v) is 8.12. The summed E-state index contributed by atoms with van der Waals surface area (Å²) in [6.45, 7) is 5.14. The number of carbonyl (C=O) groups is 1. The monoisotopic (exact) mass is 385 g/mol. The van der Waals surface area contributed by atoms with Crippen LogP contribution in [0.2, 0.25) is 0 Å². The van der Waals surface area contributed by atoms with Gasteiger partial charge in [0.05, 0.1) is 16.5 Å². The molecule has 0 aliphatic heterocycles. The van der Waals surface area contributed by atoms with Crippen LogP contribution < -0.4 is 0 Å². The molecule has 2 rings (SSSR count). The van der Waals surface area contributed by atoms with E-state index in [0.29, 0.717) is 24.2 Å². The van der Waals surface area contributed by atoms with Crippen LogP contribution in [0.4, 0.5) is 0 Å². The SMILES string of the molecule is CCN(CC)C(=O)c1ccc(S(=O)(=O)N(C)Cc2cccc(C#N)c2)cc1. The van der Waals surface area contributed by atoms with Gasteiger partial charge in [0.1, 0.15) is 0 Å². The minimum Gasteiger partial charge on any atom is -0.339 e. The van der Waals surface area contributed by atoms with Gasteiger partial charge in [0.15, 0.2) is 0 Å². The van der Waals surface area contributed by atoms with Crippen LogP contribution in [0.3, 0.4) is 0 Å². The van der Waals surface area contributed by atoms with Crippen molar-refractivity contribution in [3.63, 3.8) is 0 Å². The summed E-state index contributed by atoms with van der Waals surface area (Å²) in [7, 11) is -2.22. The molecule has 6 nitrogen and oxygen atoms in total. The second-order valence-electron chi connectivity index (χ2n) is 6.08. The summed E-state index contributed by atoms with van der Waals surface area (Å²) in [6.07, 6.45) is 0. The van der Waals surface area contributed by atoms with Crippen LogP contribution in [0.25, 0.3) is 0 Å². The van der Waals surface area contributed by atoms with E-state index in [1.165, 1.54) is 35.6 Å². The number of carbonyl (C=O) groups excluding carboxylic acids is 1. The molecule has 142 valence electrons. The summed E-state index contributed by atoms with van der Waals surface area (Å²) < 4.78 is 26.8. The lowest BCUT2D eigenvalue weighted by atomic mass is 10.1. The molecular weight excluding hydrogens is 362 g/mol. The summed E-state index contributed by atoms with van der Waals surface area (Å²) in [6, 6.07) is 14.9. The number of nitrogens with zero attached hydrogens (tertiary/aromatic N) is 3. The fraction of sp³-hybridized carbons (Fsp3) is 0.300. The Morgan fingerprint density at radius 1 is 1.07 bits per heavy atom. The molecule has 0 N–H and O–H groups in total. The minimum atomic E-state index is -3.71. The highest BCUT2D eigenvalue weighted by Crippen LogP contribution is 2.18. The molecule has 0 radical (unpaired) electrons. The molecule has 0 unspecified atom stereocenters. The summed E-state index contributed by atoms with van der Waals surface area (Å²) in [5.74, 6) is -0.120. The average molecular weight is 385 g/mol. The Balaban J connectivity index is 2.20. The number of benzene rings is 2. The maximum atomic E-state index is 12.8. The molecule has 0 aliphatic rings. The fourth-order valence-electron chi connectivity index (χ4n) is 2.72. The van der Waals surface area contributed by atoms with Crippen molar-refractivity contribution in [2.45, 2.75) is 25.3 Å². The average Bonchev–Trinajstić information content (AvgIpc) is 2.69. The first-order valence-corrected chi connectivity index (χ1v) is 10.1. The molecule has 0 atom stereocenters. The van der Waals surface area contributed by atoms with Crippen molar-refractivity contribution in [2.75, 3.05) is 20.1 Å². The molecule has 27 heavy (non-hydrogen) atoms. The Kier molecular flexibility index (Phi) is 6.72. The number of hydrogen-bond acceptors (Lipinski definition) is 4. The predicted molar refractivity (Wildman–Crippen MR) is 104 cm³/mol. The predicted octanol–water partition coefficient (Wildman–Crippen LogP) is 2.86. The van der Waals surface area contributed by atoms with Crippen molar-refractivity contribution in [1.29, 1.82) is 5.26 Å². The van der Waals surface area contributed by atoms with Gasteiger partial charge in [-0.1, -0.05) is 12.1 Å². The Labute approximate surface area is 160 Å². The van der Waals surface area contributed by atoms with Gasteiger partial charge in [-0.25, -0.2) is 8.42 Å². The molecule has 0 aliphatic carbocycles. The molecule has 0 aromatic heterocycles. The highest BCUT2D eigenvalue weighted by atomic mass is 32.2. The van der Waals surface area contributed by atoms with Gasteiger partial charge >= 0.3 is 0 Å². The summed E-state index contributed by atoms with van der Waals surface area (Å²) in [5, 5.41) is 8.97. The van der Waals surface area contributed by atoms with Gasteiger partial charge < -0.3 is 4.90 Å². The van der Waals surface area contributed by atoms with E-state index >= 15 is 0 Å². The van der Waals surface area contributed by atoms with Crippen LogP contribution in [0.1, 0.15) is 35.3 Å². The smallest absolute Gasteiger partial charge is 0.253 e. The Morgan fingerprint density at radius 3 is 2.26 bits per heavy atom. The third-order valence-corrected chi connectivity index (χ3v) is 6.14. The van der Waals surface area contributed by atoms with Crippen molar-refractivity contribution >= 4 is 15.9 Å². The number of sulfonamides is 1. The third kappa shape index (κ3) is 4.73. The lowest BCUT2D eigenvalue weighted by Gasteiger charge is -2.20. The normalized spacial score (nSPS) is 11.2. The molecule has 0 fully saturated rings. The van der Waals surface area contributed by atoms with Crippen LogP contribution in [-0.4, -0.2) is 43.7 Å². The second kappa shape index (κ2) is 8.80. The van der Waals surface area contributed by atoms with Crippen molar-refractivity contribution in [1.82, 2.24) is 9.21 Å². The van der Waals surface area contributed by atoms with Crippen molar-refractivity contribution in [3.8, 4) is 6.07 Å². The fourth-order valence-corrected chi connectivity index (χ4v) is 3.88.